The van der Waals surface area contributed by atoms with E-state index >= 15 is 0 Å². The fraction of sp³-hybridized carbons (Fsp3) is 0.286. The quantitative estimate of drug-likeness (QED) is 0.578. The Kier molecular flexibility index (Phi) is 6.35. The molecule has 3 rings (SSSR count). The molecule has 9 heteroatoms. The monoisotopic (exact) mass is 448 g/mol. The topological polar surface area (TPSA) is 101 Å². The largest absolute Gasteiger partial charge is 0.379 e. The molecule has 30 heavy (non-hydrogen) atoms. The number of halogens is 1. The van der Waals surface area contributed by atoms with Gasteiger partial charge in [0.1, 0.15) is 5.60 Å². The van der Waals surface area contributed by atoms with Crippen LogP contribution in [0.5, 0.6) is 0 Å². The van der Waals surface area contributed by atoms with Gasteiger partial charge in [0, 0.05) is 31.2 Å². The molecule has 0 saturated carbocycles. The van der Waals surface area contributed by atoms with Crippen molar-refractivity contribution in [3.05, 3.63) is 76.6 Å². The average Bonchev–Trinajstić information content (AvgIpc) is 3.19. The first kappa shape index (κ1) is 22.5. The molecule has 3 aromatic rings. The van der Waals surface area contributed by atoms with Crippen LogP contribution in [-0.2, 0) is 22.2 Å². The van der Waals surface area contributed by atoms with Crippen molar-refractivity contribution in [1.29, 1.82) is 0 Å². The highest BCUT2D eigenvalue weighted by Crippen LogP contribution is 2.32. The Morgan fingerprint density at radius 2 is 1.63 bits per heavy atom. The van der Waals surface area contributed by atoms with Crippen molar-refractivity contribution >= 4 is 21.8 Å². The Morgan fingerprint density at radius 1 is 1.10 bits per heavy atom. The average molecular weight is 449 g/mol. The molecule has 1 unspecified atom stereocenters. The van der Waals surface area contributed by atoms with Crippen molar-refractivity contribution in [3.8, 4) is 11.1 Å². The van der Waals surface area contributed by atoms with E-state index < -0.39 is 15.8 Å². The van der Waals surface area contributed by atoms with Crippen LogP contribution in [0.3, 0.4) is 0 Å². The number of aromatic nitrogens is 2. The van der Waals surface area contributed by atoms with Crippen molar-refractivity contribution in [2.24, 2.45) is 5.73 Å². The third-order valence-electron chi connectivity index (χ3n) is 5.09. The maximum absolute atomic E-state index is 12.4. The van der Waals surface area contributed by atoms with Crippen molar-refractivity contribution in [2.45, 2.75) is 18.9 Å². The summed E-state index contributed by atoms with van der Waals surface area (Å²) in [4.78, 5) is 0. The first-order valence-corrected chi connectivity index (χ1v) is 11.2. The number of aryl methyl sites for hydroxylation is 1. The first-order chi connectivity index (χ1) is 14.1. The lowest BCUT2D eigenvalue weighted by molar-refractivity contribution is 0.0902. The molecule has 0 aliphatic rings. The maximum Gasteiger partial charge on any atom is 0.322 e. The standard InChI is InChI=1S/C21H25ClN4O3S/c1-4-20-19(13-26(24-20)30(28,29)25(2)3)15-5-7-16(8-6-15)21(27,14-23)17-9-11-18(22)12-10-17/h5-13,27H,4,14,23H2,1-3H3. The van der Waals surface area contributed by atoms with Gasteiger partial charge >= 0.3 is 10.2 Å². The van der Waals surface area contributed by atoms with Crippen LogP contribution in [0.1, 0.15) is 23.7 Å². The molecule has 7 nitrogen and oxygen atoms in total. The van der Waals surface area contributed by atoms with E-state index in [1.54, 1.807) is 36.4 Å². The summed E-state index contributed by atoms with van der Waals surface area (Å²) in [6, 6.07) is 14.1. The number of nitrogens with two attached hydrogens (primary N) is 1. The van der Waals surface area contributed by atoms with Gasteiger partial charge in [-0.1, -0.05) is 54.9 Å². The van der Waals surface area contributed by atoms with Crippen LogP contribution in [0.15, 0.2) is 54.7 Å². The number of aliphatic hydroxyl groups is 1. The summed E-state index contributed by atoms with van der Waals surface area (Å²) in [5.41, 5.74) is 8.00. The number of rotatable bonds is 7. The van der Waals surface area contributed by atoms with E-state index in [0.29, 0.717) is 28.3 Å². The second kappa shape index (κ2) is 8.49. The lowest BCUT2D eigenvalue weighted by Gasteiger charge is -2.28. The highest BCUT2D eigenvalue weighted by atomic mass is 35.5. The normalized spacial score (nSPS) is 14.1. The van der Waals surface area contributed by atoms with Gasteiger partial charge in [0.15, 0.2) is 0 Å². The molecule has 0 spiro atoms. The van der Waals surface area contributed by atoms with Crippen LogP contribution in [0.2, 0.25) is 5.02 Å². The number of hydrogen-bond donors (Lipinski definition) is 2. The Labute approximate surface area is 181 Å². The Hall–Kier alpha value is -2.23. The van der Waals surface area contributed by atoms with Crippen molar-refractivity contribution in [1.82, 2.24) is 13.5 Å². The molecule has 1 aromatic heterocycles. The molecule has 0 aliphatic heterocycles. The van der Waals surface area contributed by atoms with Gasteiger partial charge < -0.3 is 10.8 Å². The molecular formula is C21H25ClN4O3S. The van der Waals surface area contributed by atoms with Gasteiger partial charge in [-0.2, -0.15) is 21.9 Å². The van der Waals surface area contributed by atoms with Gasteiger partial charge in [-0.15, -0.1) is 0 Å². The van der Waals surface area contributed by atoms with Crippen molar-refractivity contribution in [3.63, 3.8) is 0 Å². The SMILES string of the molecule is CCc1nn(S(=O)(=O)N(C)C)cc1-c1ccc(C(O)(CN)c2ccc(Cl)cc2)cc1. The van der Waals surface area contributed by atoms with Crippen LogP contribution in [0.25, 0.3) is 11.1 Å². The molecule has 0 fully saturated rings. The zero-order valence-corrected chi connectivity index (χ0v) is 18.7. The van der Waals surface area contributed by atoms with E-state index in [0.717, 1.165) is 19.5 Å². The molecule has 0 saturated heterocycles. The third-order valence-corrected chi connectivity index (χ3v) is 6.93. The van der Waals surface area contributed by atoms with Gasteiger partial charge in [0.25, 0.3) is 0 Å². The van der Waals surface area contributed by atoms with E-state index in [-0.39, 0.29) is 6.54 Å². The second-order valence-corrected chi connectivity index (χ2v) is 9.59. The van der Waals surface area contributed by atoms with Crippen molar-refractivity contribution in [2.75, 3.05) is 20.6 Å². The Morgan fingerprint density at radius 3 is 2.10 bits per heavy atom. The van der Waals surface area contributed by atoms with Crippen LogP contribution in [0.4, 0.5) is 0 Å². The summed E-state index contributed by atoms with van der Waals surface area (Å²) in [5.74, 6) is 0. The predicted molar refractivity (Wildman–Crippen MR) is 119 cm³/mol. The predicted octanol–water partition coefficient (Wildman–Crippen LogP) is 2.62. The van der Waals surface area contributed by atoms with E-state index in [2.05, 4.69) is 5.10 Å². The molecule has 1 heterocycles. The minimum atomic E-state index is -3.70. The molecule has 3 N–H and O–H groups in total. The minimum absolute atomic E-state index is 0.00675. The van der Waals surface area contributed by atoms with Gasteiger partial charge in [-0.25, -0.2) is 0 Å². The van der Waals surface area contributed by atoms with Gasteiger partial charge in [-0.3, -0.25) is 0 Å². The van der Waals surface area contributed by atoms with Gasteiger partial charge in [0.2, 0.25) is 0 Å². The van der Waals surface area contributed by atoms with E-state index in [9.17, 15) is 13.5 Å². The van der Waals surface area contributed by atoms with Crippen LogP contribution < -0.4 is 5.73 Å². The summed E-state index contributed by atoms with van der Waals surface area (Å²) in [5, 5.41) is 16.0. The fourth-order valence-electron chi connectivity index (χ4n) is 3.23. The number of nitrogens with zero attached hydrogens (tertiary/aromatic N) is 3. The van der Waals surface area contributed by atoms with Gasteiger partial charge in [0.05, 0.1) is 11.9 Å². The highest BCUT2D eigenvalue weighted by Gasteiger charge is 2.30. The number of benzene rings is 2. The molecule has 1 atom stereocenters. The van der Waals surface area contributed by atoms with Gasteiger partial charge in [-0.05, 0) is 35.2 Å². The fourth-order valence-corrected chi connectivity index (χ4v) is 4.13. The summed E-state index contributed by atoms with van der Waals surface area (Å²) >= 11 is 5.96. The number of hydrogen-bond acceptors (Lipinski definition) is 5. The molecular weight excluding hydrogens is 424 g/mol. The van der Waals surface area contributed by atoms with E-state index in [1.807, 2.05) is 19.1 Å². The van der Waals surface area contributed by atoms with E-state index in [4.69, 9.17) is 17.3 Å². The Balaban J connectivity index is 2.01. The second-order valence-electron chi connectivity index (χ2n) is 7.15. The molecule has 2 aromatic carbocycles. The molecule has 0 bridgehead atoms. The summed E-state index contributed by atoms with van der Waals surface area (Å²) < 4.78 is 26.9. The lowest BCUT2D eigenvalue weighted by atomic mass is 9.85. The maximum atomic E-state index is 12.4. The lowest BCUT2D eigenvalue weighted by Crippen LogP contribution is -2.36. The highest BCUT2D eigenvalue weighted by molar-refractivity contribution is 7.87. The van der Waals surface area contributed by atoms with E-state index in [1.165, 1.54) is 20.3 Å². The van der Waals surface area contributed by atoms with Crippen LogP contribution >= 0.6 is 11.6 Å². The molecule has 0 radical (unpaired) electrons. The third kappa shape index (κ3) is 4.01. The first-order valence-electron chi connectivity index (χ1n) is 9.44. The Bertz CT molecular complexity index is 1130. The molecule has 0 amide bonds. The zero-order chi connectivity index (χ0) is 22.1. The zero-order valence-electron chi connectivity index (χ0n) is 17.1. The smallest absolute Gasteiger partial charge is 0.322 e. The molecule has 0 aliphatic carbocycles. The molecule has 160 valence electrons. The van der Waals surface area contributed by atoms with Crippen molar-refractivity contribution < 1.29 is 13.5 Å². The summed E-state index contributed by atoms with van der Waals surface area (Å²) in [6.45, 7) is 1.91. The minimum Gasteiger partial charge on any atom is -0.379 e. The summed E-state index contributed by atoms with van der Waals surface area (Å²) in [6.07, 6.45) is 2.09. The summed E-state index contributed by atoms with van der Waals surface area (Å²) in [7, 11) is -0.780. The van der Waals surface area contributed by atoms with Crippen LogP contribution in [0, 0.1) is 0 Å². The van der Waals surface area contributed by atoms with Crippen LogP contribution in [-0.4, -0.2) is 47.7 Å².